The summed E-state index contributed by atoms with van der Waals surface area (Å²) in [5, 5.41) is 8.86. The average molecular weight is 531 g/mol. The van der Waals surface area contributed by atoms with E-state index in [0.29, 0.717) is 5.69 Å². The van der Waals surface area contributed by atoms with Crippen LogP contribution < -0.4 is 10.0 Å². The second kappa shape index (κ2) is 8.99. The summed E-state index contributed by atoms with van der Waals surface area (Å²) in [7, 11) is -3.74. The van der Waals surface area contributed by atoms with Gasteiger partial charge in [-0.3, -0.25) is 4.72 Å². The van der Waals surface area contributed by atoms with Gasteiger partial charge in [-0.25, -0.2) is 8.42 Å². The van der Waals surface area contributed by atoms with Crippen LogP contribution in [-0.2, 0) is 10.0 Å². The highest BCUT2D eigenvalue weighted by Gasteiger charge is 2.39. The fourth-order valence-electron chi connectivity index (χ4n) is 6.54. The van der Waals surface area contributed by atoms with Gasteiger partial charge in [0, 0.05) is 11.6 Å². The van der Waals surface area contributed by atoms with Crippen LogP contribution in [0, 0.1) is 19.8 Å². The molecule has 7 rings (SSSR count). The maximum Gasteiger partial charge on any atom is 0.261 e. The Morgan fingerprint density at radius 2 is 1.54 bits per heavy atom. The number of anilines is 2. The number of rotatable bonds is 4. The molecule has 3 atom stereocenters. The first-order valence-corrected chi connectivity index (χ1v) is 14.9. The van der Waals surface area contributed by atoms with E-state index in [1.165, 1.54) is 27.1 Å². The van der Waals surface area contributed by atoms with Gasteiger partial charge >= 0.3 is 0 Å². The van der Waals surface area contributed by atoms with Gasteiger partial charge in [-0.2, -0.15) is 0 Å². The molecule has 0 saturated heterocycles. The zero-order valence-electron chi connectivity index (χ0n) is 22.0. The van der Waals surface area contributed by atoms with Crippen LogP contribution in [0.25, 0.3) is 21.5 Å². The zero-order chi connectivity index (χ0) is 26.7. The van der Waals surface area contributed by atoms with Crippen molar-refractivity contribution in [1.82, 2.24) is 0 Å². The molecule has 2 aliphatic rings. The van der Waals surface area contributed by atoms with Gasteiger partial charge in [0.1, 0.15) is 0 Å². The summed E-state index contributed by atoms with van der Waals surface area (Å²) >= 11 is 0. The van der Waals surface area contributed by atoms with Crippen molar-refractivity contribution in [2.24, 2.45) is 5.92 Å². The molecule has 5 heteroatoms. The van der Waals surface area contributed by atoms with E-state index in [0.717, 1.165) is 28.8 Å². The standard InChI is InChI=1S/C34H30N2O2S/c1-21-14-16-31(22(2)18-21)36-39(37,38)25-15-17-32-30(20-25)28-12-7-13-29(28)34(35-32)33-26-10-5-3-8-23(26)19-24-9-4-6-11-27(24)33/h3-12,14-20,28-29,34-36H,13H2,1-2H3. The number of benzene rings is 5. The van der Waals surface area contributed by atoms with Crippen molar-refractivity contribution >= 4 is 42.9 Å². The fourth-order valence-corrected chi connectivity index (χ4v) is 7.71. The Morgan fingerprint density at radius 3 is 2.26 bits per heavy atom. The average Bonchev–Trinajstić information content (AvgIpc) is 3.43. The molecule has 1 aliphatic heterocycles. The Bertz CT molecular complexity index is 1850. The van der Waals surface area contributed by atoms with Crippen LogP contribution in [0.5, 0.6) is 0 Å². The highest BCUT2D eigenvalue weighted by atomic mass is 32.2. The molecule has 0 radical (unpaired) electrons. The molecule has 3 unspecified atom stereocenters. The van der Waals surface area contributed by atoms with Gasteiger partial charge in [0.15, 0.2) is 0 Å². The van der Waals surface area contributed by atoms with Crippen molar-refractivity contribution < 1.29 is 8.42 Å². The van der Waals surface area contributed by atoms with Gasteiger partial charge in [-0.05, 0) is 94.8 Å². The van der Waals surface area contributed by atoms with Gasteiger partial charge in [0.05, 0.1) is 16.6 Å². The van der Waals surface area contributed by atoms with Gasteiger partial charge in [-0.15, -0.1) is 0 Å². The highest BCUT2D eigenvalue weighted by Crippen LogP contribution is 2.52. The Balaban J connectivity index is 1.32. The van der Waals surface area contributed by atoms with Crippen LogP contribution in [0.15, 0.2) is 108 Å². The molecule has 0 spiro atoms. The SMILES string of the molecule is Cc1ccc(NS(=O)(=O)c2ccc3c(c2)C2C=CCC2C(c2c4ccccc4cc4ccccc24)N3)c(C)c1. The smallest absolute Gasteiger partial charge is 0.261 e. The first-order chi connectivity index (χ1) is 18.9. The third-order valence-electron chi connectivity index (χ3n) is 8.39. The topological polar surface area (TPSA) is 58.2 Å². The molecule has 2 N–H and O–H groups in total. The summed E-state index contributed by atoms with van der Waals surface area (Å²) in [5.41, 5.74) is 5.97. The number of nitrogens with one attached hydrogen (secondary N) is 2. The predicted octanol–water partition coefficient (Wildman–Crippen LogP) is 8.24. The Hall–Kier alpha value is -4.09. The lowest BCUT2D eigenvalue weighted by Gasteiger charge is -2.38. The molecule has 0 bridgehead atoms. The molecule has 0 fully saturated rings. The third-order valence-corrected chi connectivity index (χ3v) is 9.76. The van der Waals surface area contributed by atoms with E-state index in [-0.39, 0.29) is 22.8 Å². The van der Waals surface area contributed by atoms with Crippen molar-refractivity contribution in [3.05, 3.63) is 125 Å². The lowest BCUT2D eigenvalue weighted by molar-refractivity contribution is 0.428. The summed E-state index contributed by atoms with van der Waals surface area (Å²) in [6, 6.07) is 30.9. The summed E-state index contributed by atoms with van der Waals surface area (Å²) in [6.45, 7) is 3.92. The summed E-state index contributed by atoms with van der Waals surface area (Å²) in [4.78, 5) is 0.288. The second-order valence-corrected chi connectivity index (χ2v) is 12.6. The van der Waals surface area contributed by atoms with Crippen LogP contribution in [0.1, 0.15) is 40.6 Å². The number of hydrogen-bond acceptors (Lipinski definition) is 3. The van der Waals surface area contributed by atoms with E-state index in [9.17, 15) is 8.42 Å². The molecule has 39 heavy (non-hydrogen) atoms. The van der Waals surface area contributed by atoms with Gasteiger partial charge in [0.2, 0.25) is 0 Å². The summed E-state index contributed by atoms with van der Waals surface area (Å²) in [6.07, 6.45) is 5.46. The maximum absolute atomic E-state index is 13.4. The van der Waals surface area contributed by atoms with Crippen molar-refractivity contribution in [2.45, 2.75) is 37.1 Å². The Morgan fingerprint density at radius 1 is 0.821 bits per heavy atom. The molecular formula is C34H30N2O2S. The molecule has 1 aliphatic carbocycles. The first-order valence-electron chi connectivity index (χ1n) is 13.5. The highest BCUT2D eigenvalue weighted by molar-refractivity contribution is 7.92. The molecule has 1 heterocycles. The van der Waals surface area contributed by atoms with E-state index in [2.05, 4.69) is 76.8 Å². The molecule has 194 valence electrons. The normalized spacial score (nSPS) is 20.0. The number of fused-ring (bicyclic) bond motifs is 5. The maximum atomic E-state index is 13.4. The quantitative estimate of drug-likeness (QED) is 0.182. The van der Waals surface area contributed by atoms with E-state index < -0.39 is 10.0 Å². The summed E-state index contributed by atoms with van der Waals surface area (Å²) < 4.78 is 29.7. The molecule has 0 amide bonds. The fraction of sp³-hybridized carbons (Fsp3) is 0.176. The second-order valence-electron chi connectivity index (χ2n) is 10.9. The van der Waals surface area contributed by atoms with Crippen molar-refractivity contribution in [3.63, 3.8) is 0 Å². The molecule has 0 aromatic heterocycles. The minimum Gasteiger partial charge on any atom is -0.378 e. The zero-order valence-corrected chi connectivity index (χ0v) is 22.8. The largest absolute Gasteiger partial charge is 0.378 e. The van der Waals surface area contributed by atoms with Crippen molar-refractivity contribution in [1.29, 1.82) is 0 Å². The molecular weight excluding hydrogens is 500 g/mol. The number of hydrogen-bond donors (Lipinski definition) is 2. The van der Waals surface area contributed by atoms with E-state index >= 15 is 0 Å². The lowest BCUT2D eigenvalue weighted by Crippen LogP contribution is -2.29. The van der Waals surface area contributed by atoms with E-state index in [1.807, 2.05) is 44.2 Å². The number of aryl methyl sites for hydroxylation is 2. The van der Waals surface area contributed by atoms with Crippen LogP contribution >= 0.6 is 0 Å². The Labute approximate surface area is 229 Å². The van der Waals surface area contributed by atoms with Gasteiger partial charge in [0.25, 0.3) is 10.0 Å². The molecule has 4 nitrogen and oxygen atoms in total. The molecule has 0 saturated carbocycles. The van der Waals surface area contributed by atoms with Crippen LogP contribution in [0.3, 0.4) is 0 Å². The van der Waals surface area contributed by atoms with E-state index in [4.69, 9.17) is 0 Å². The van der Waals surface area contributed by atoms with Gasteiger partial charge in [-0.1, -0.05) is 78.4 Å². The number of allylic oxidation sites excluding steroid dienone is 2. The Kier molecular flexibility index (Phi) is 5.53. The van der Waals surface area contributed by atoms with Crippen molar-refractivity contribution in [3.8, 4) is 0 Å². The van der Waals surface area contributed by atoms with Crippen LogP contribution in [-0.4, -0.2) is 8.42 Å². The lowest BCUT2D eigenvalue weighted by atomic mass is 9.75. The van der Waals surface area contributed by atoms with Crippen molar-refractivity contribution in [2.75, 3.05) is 10.0 Å². The minimum absolute atomic E-state index is 0.101. The minimum atomic E-state index is -3.74. The predicted molar refractivity (Wildman–Crippen MR) is 161 cm³/mol. The van der Waals surface area contributed by atoms with E-state index in [1.54, 1.807) is 6.07 Å². The van der Waals surface area contributed by atoms with Gasteiger partial charge < -0.3 is 5.32 Å². The molecule has 5 aromatic rings. The third kappa shape index (κ3) is 4.00. The van der Waals surface area contributed by atoms with Crippen LogP contribution in [0.2, 0.25) is 0 Å². The monoisotopic (exact) mass is 530 g/mol. The van der Waals surface area contributed by atoms with Crippen LogP contribution in [0.4, 0.5) is 11.4 Å². The summed E-state index contributed by atoms with van der Waals surface area (Å²) in [5.74, 6) is 0.428. The molecule has 5 aromatic carbocycles. The number of sulfonamides is 1. The first kappa shape index (κ1) is 24.0.